The molecule has 0 atom stereocenters. The van der Waals surface area contributed by atoms with Crippen molar-refractivity contribution in [2.75, 3.05) is 24.0 Å². The lowest BCUT2D eigenvalue weighted by atomic mass is 10.0. The molecule has 208 valence electrons. The topological polar surface area (TPSA) is 15.7 Å². The number of methoxy groups -OCH3 is 1. The van der Waals surface area contributed by atoms with Gasteiger partial charge < -0.3 is 14.5 Å². The summed E-state index contributed by atoms with van der Waals surface area (Å²) in [6, 6.07) is 56.0. The van der Waals surface area contributed by atoms with Gasteiger partial charge in [0, 0.05) is 40.9 Å². The minimum atomic E-state index is 0.849. The van der Waals surface area contributed by atoms with Crippen LogP contribution >= 0.6 is 0 Å². The zero-order chi connectivity index (χ0) is 29.2. The maximum absolute atomic E-state index is 5.41. The van der Waals surface area contributed by atoms with Gasteiger partial charge in [-0.25, -0.2) is 0 Å². The van der Waals surface area contributed by atoms with Gasteiger partial charge in [0.05, 0.1) is 18.5 Å². The molecule has 7 rings (SSSR count). The molecule has 0 heterocycles. The number of fused-ring (bicyclic) bond motifs is 2. The van der Waals surface area contributed by atoms with E-state index in [4.69, 9.17) is 4.74 Å². The first-order chi connectivity index (χ1) is 21.2. The maximum atomic E-state index is 5.41. The average Bonchev–Trinajstić information content (AvgIpc) is 3.09. The molecule has 0 N–H and O–H groups in total. The normalized spacial score (nSPS) is 11.0. The first kappa shape index (κ1) is 26.4. The van der Waals surface area contributed by atoms with Crippen LogP contribution in [0.1, 0.15) is 0 Å². The van der Waals surface area contributed by atoms with E-state index < -0.39 is 0 Å². The van der Waals surface area contributed by atoms with Gasteiger partial charge in [-0.2, -0.15) is 0 Å². The highest BCUT2D eigenvalue weighted by Crippen LogP contribution is 2.42. The van der Waals surface area contributed by atoms with Gasteiger partial charge >= 0.3 is 0 Å². The van der Waals surface area contributed by atoms with Crippen molar-refractivity contribution < 1.29 is 4.74 Å². The summed E-state index contributed by atoms with van der Waals surface area (Å²) in [5.41, 5.74) is 7.99. The largest absolute Gasteiger partial charge is 0.497 e. The predicted octanol–water partition coefficient (Wildman–Crippen LogP) is 10.9. The number of hydrogen-bond acceptors (Lipinski definition) is 3. The molecule has 0 aliphatic rings. The molecule has 0 bridgehead atoms. The molecule has 0 amide bonds. The molecular weight excluding hydrogens is 524 g/mol. The molecule has 0 unspecified atom stereocenters. The van der Waals surface area contributed by atoms with E-state index >= 15 is 0 Å². The fourth-order valence-corrected chi connectivity index (χ4v) is 5.86. The van der Waals surface area contributed by atoms with Crippen molar-refractivity contribution in [3.05, 3.63) is 158 Å². The first-order valence-corrected chi connectivity index (χ1v) is 14.5. The monoisotopic (exact) mass is 556 g/mol. The lowest BCUT2D eigenvalue weighted by molar-refractivity contribution is 0.415. The Morgan fingerprint density at radius 3 is 1.49 bits per heavy atom. The van der Waals surface area contributed by atoms with Gasteiger partial charge in [0.2, 0.25) is 0 Å². The Kier molecular flexibility index (Phi) is 6.98. The van der Waals surface area contributed by atoms with E-state index in [1.165, 1.54) is 32.7 Å². The lowest BCUT2D eigenvalue weighted by Gasteiger charge is -2.28. The highest BCUT2D eigenvalue weighted by atomic mass is 16.5. The van der Waals surface area contributed by atoms with Crippen molar-refractivity contribution in [2.24, 2.45) is 0 Å². The van der Waals surface area contributed by atoms with Gasteiger partial charge in [0.15, 0.2) is 0 Å². The summed E-state index contributed by atoms with van der Waals surface area (Å²) in [6.45, 7) is 0. The minimum absolute atomic E-state index is 0.849. The van der Waals surface area contributed by atoms with Crippen molar-refractivity contribution in [1.29, 1.82) is 0 Å². The van der Waals surface area contributed by atoms with Crippen LogP contribution in [0, 0.1) is 0 Å². The van der Waals surface area contributed by atoms with Gasteiger partial charge in [-0.15, -0.1) is 0 Å². The third-order valence-electron chi connectivity index (χ3n) is 8.17. The number of hydrogen-bond donors (Lipinski definition) is 0. The Balaban J connectivity index is 1.26. The van der Waals surface area contributed by atoms with E-state index in [9.17, 15) is 0 Å². The third kappa shape index (κ3) is 5.06. The fourth-order valence-electron chi connectivity index (χ4n) is 5.86. The van der Waals surface area contributed by atoms with Crippen molar-refractivity contribution in [3.63, 3.8) is 0 Å². The van der Waals surface area contributed by atoms with Crippen LogP contribution in [0.4, 0.5) is 28.4 Å². The van der Waals surface area contributed by atoms with E-state index in [0.717, 1.165) is 34.2 Å². The summed E-state index contributed by atoms with van der Waals surface area (Å²) >= 11 is 0. The Morgan fingerprint density at radius 1 is 0.442 bits per heavy atom. The number of ether oxygens (including phenoxy) is 1. The van der Waals surface area contributed by atoms with Crippen molar-refractivity contribution >= 4 is 50.0 Å². The predicted molar refractivity (Wildman–Crippen MR) is 183 cm³/mol. The molecule has 0 saturated heterocycles. The van der Waals surface area contributed by atoms with E-state index in [1.54, 1.807) is 7.11 Å². The molecular formula is C40H32N2O. The van der Waals surface area contributed by atoms with Crippen LogP contribution in [0.3, 0.4) is 0 Å². The first-order valence-electron chi connectivity index (χ1n) is 14.5. The van der Waals surface area contributed by atoms with E-state index in [1.807, 2.05) is 18.2 Å². The van der Waals surface area contributed by atoms with Gasteiger partial charge in [-0.1, -0.05) is 103 Å². The molecule has 0 aliphatic carbocycles. The Labute approximate surface area is 252 Å². The lowest BCUT2D eigenvalue weighted by Crippen LogP contribution is -2.11. The van der Waals surface area contributed by atoms with Gasteiger partial charge in [-0.05, 0) is 70.4 Å². The summed E-state index contributed by atoms with van der Waals surface area (Å²) < 4.78 is 5.41. The summed E-state index contributed by atoms with van der Waals surface area (Å²) in [5.74, 6) is 0.849. The number of rotatable bonds is 7. The van der Waals surface area contributed by atoms with E-state index in [2.05, 4.69) is 156 Å². The van der Waals surface area contributed by atoms with E-state index in [0.29, 0.717) is 0 Å². The van der Waals surface area contributed by atoms with Crippen molar-refractivity contribution in [3.8, 4) is 16.9 Å². The molecule has 43 heavy (non-hydrogen) atoms. The molecule has 0 spiro atoms. The molecule has 0 aliphatic heterocycles. The quantitative estimate of drug-likeness (QED) is 0.194. The Morgan fingerprint density at radius 2 is 0.930 bits per heavy atom. The zero-order valence-corrected chi connectivity index (χ0v) is 24.3. The molecule has 7 aromatic carbocycles. The Bertz CT molecular complexity index is 1940. The Hall–Kier alpha value is -5.54. The van der Waals surface area contributed by atoms with Gasteiger partial charge in [0.25, 0.3) is 0 Å². The second kappa shape index (κ2) is 11.4. The number of nitrogens with zero attached hydrogens (tertiary/aromatic N) is 2. The molecule has 0 aromatic heterocycles. The summed E-state index contributed by atoms with van der Waals surface area (Å²) in [7, 11) is 3.77. The molecule has 0 saturated carbocycles. The van der Waals surface area contributed by atoms with Crippen LogP contribution in [-0.4, -0.2) is 14.2 Å². The second-order valence-corrected chi connectivity index (χ2v) is 10.7. The maximum Gasteiger partial charge on any atom is 0.120 e. The summed E-state index contributed by atoms with van der Waals surface area (Å²) in [4.78, 5) is 4.56. The number of anilines is 5. The van der Waals surface area contributed by atoms with Gasteiger partial charge in [0.1, 0.15) is 5.75 Å². The highest BCUT2D eigenvalue weighted by Gasteiger charge is 2.17. The van der Waals surface area contributed by atoms with Crippen LogP contribution in [0.15, 0.2) is 158 Å². The van der Waals surface area contributed by atoms with Crippen LogP contribution in [0.5, 0.6) is 5.75 Å². The highest BCUT2D eigenvalue weighted by molar-refractivity contribution is 6.04. The standard InChI is InChI=1S/C40H32N2O/c1-41(35-14-9-15-36(28-35)43-2)33-24-20-29(21-25-33)30-22-26-34(27-23-30)42(39-18-7-12-31-10-3-5-16-37(31)39)40-19-8-13-32-11-4-6-17-38(32)40/h3-28H,1-2H3. The van der Waals surface area contributed by atoms with Crippen LogP contribution in [0.25, 0.3) is 32.7 Å². The minimum Gasteiger partial charge on any atom is -0.497 e. The van der Waals surface area contributed by atoms with E-state index in [-0.39, 0.29) is 0 Å². The van der Waals surface area contributed by atoms with Gasteiger partial charge in [-0.3, -0.25) is 0 Å². The van der Waals surface area contributed by atoms with Crippen molar-refractivity contribution in [1.82, 2.24) is 0 Å². The molecule has 7 aromatic rings. The van der Waals surface area contributed by atoms with Crippen LogP contribution < -0.4 is 14.5 Å². The third-order valence-corrected chi connectivity index (χ3v) is 8.17. The van der Waals surface area contributed by atoms with Crippen LogP contribution in [-0.2, 0) is 0 Å². The SMILES string of the molecule is COc1cccc(N(C)c2ccc(-c3ccc(N(c4cccc5ccccc45)c4cccc5ccccc45)cc3)cc2)c1. The van der Waals surface area contributed by atoms with Crippen LogP contribution in [0.2, 0.25) is 0 Å². The molecule has 0 radical (unpaired) electrons. The summed E-state index contributed by atoms with van der Waals surface area (Å²) in [5, 5.41) is 4.89. The fraction of sp³-hybridized carbons (Fsp3) is 0.0500. The molecule has 0 fully saturated rings. The second-order valence-electron chi connectivity index (χ2n) is 10.7. The van der Waals surface area contributed by atoms with Crippen molar-refractivity contribution in [2.45, 2.75) is 0 Å². The zero-order valence-electron chi connectivity index (χ0n) is 24.3. The molecule has 3 heteroatoms. The number of benzene rings is 7. The smallest absolute Gasteiger partial charge is 0.120 e. The summed E-state index contributed by atoms with van der Waals surface area (Å²) in [6.07, 6.45) is 0. The molecule has 3 nitrogen and oxygen atoms in total. The average molecular weight is 557 g/mol.